The van der Waals surface area contributed by atoms with Crippen molar-refractivity contribution in [1.82, 2.24) is 15.5 Å². The molecule has 1 aromatic heterocycles. The lowest BCUT2D eigenvalue weighted by atomic mass is 10.2. The second-order valence-electron chi connectivity index (χ2n) is 5.10. The van der Waals surface area contributed by atoms with Crippen LogP contribution in [0.1, 0.15) is 43.6 Å². The van der Waals surface area contributed by atoms with E-state index in [4.69, 9.17) is 4.74 Å². The number of carbonyl (C=O) groups is 1. The molecule has 2 N–H and O–H groups in total. The molecule has 0 aromatic carbocycles. The summed E-state index contributed by atoms with van der Waals surface area (Å²) in [5.41, 5.74) is 0.331. The second kappa shape index (κ2) is 7.19. The van der Waals surface area contributed by atoms with Gasteiger partial charge in [-0.15, -0.1) is 10.2 Å². The Morgan fingerprint density at radius 3 is 2.95 bits per heavy atom. The quantitative estimate of drug-likeness (QED) is 0.826. The van der Waals surface area contributed by atoms with Gasteiger partial charge in [-0.3, -0.25) is 4.79 Å². The van der Waals surface area contributed by atoms with Crippen molar-refractivity contribution in [1.29, 1.82) is 0 Å². The van der Waals surface area contributed by atoms with E-state index in [0.29, 0.717) is 24.1 Å². The zero-order valence-corrected chi connectivity index (χ0v) is 12.1. The molecule has 0 radical (unpaired) electrons. The molecule has 2 rings (SSSR count). The Hall–Kier alpha value is -1.69. The van der Waals surface area contributed by atoms with Crippen molar-refractivity contribution in [2.45, 2.75) is 45.3 Å². The summed E-state index contributed by atoms with van der Waals surface area (Å²) in [5, 5.41) is 14.0. The van der Waals surface area contributed by atoms with E-state index < -0.39 is 0 Å². The average molecular weight is 278 g/mol. The van der Waals surface area contributed by atoms with Crippen molar-refractivity contribution >= 4 is 11.7 Å². The van der Waals surface area contributed by atoms with Crippen LogP contribution < -0.4 is 10.6 Å². The Balaban J connectivity index is 1.83. The molecule has 110 valence electrons. The van der Waals surface area contributed by atoms with Crippen LogP contribution in [0.5, 0.6) is 0 Å². The molecule has 0 saturated carbocycles. The monoisotopic (exact) mass is 278 g/mol. The van der Waals surface area contributed by atoms with Gasteiger partial charge in [-0.1, -0.05) is 6.92 Å². The van der Waals surface area contributed by atoms with Gasteiger partial charge in [0, 0.05) is 19.2 Å². The van der Waals surface area contributed by atoms with E-state index in [0.717, 1.165) is 25.9 Å². The van der Waals surface area contributed by atoms with Gasteiger partial charge in [0.1, 0.15) is 5.82 Å². The number of amides is 1. The molecule has 2 heterocycles. The molecule has 1 saturated heterocycles. The van der Waals surface area contributed by atoms with Gasteiger partial charge in [0.25, 0.3) is 5.91 Å². The van der Waals surface area contributed by atoms with Gasteiger partial charge in [-0.2, -0.15) is 0 Å². The topological polar surface area (TPSA) is 76.1 Å². The molecule has 0 spiro atoms. The van der Waals surface area contributed by atoms with Crippen LogP contribution in [0.15, 0.2) is 12.1 Å². The summed E-state index contributed by atoms with van der Waals surface area (Å²) in [4.78, 5) is 11.9. The van der Waals surface area contributed by atoms with E-state index in [1.807, 2.05) is 0 Å². The summed E-state index contributed by atoms with van der Waals surface area (Å²) in [7, 11) is 0. The zero-order chi connectivity index (χ0) is 14.4. The Labute approximate surface area is 119 Å². The normalized spacial score (nSPS) is 19.6. The first-order valence-corrected chi connectivity index (χ1v) is 7.19. The van der Waals surface area contributed by atoms with Crippen molar-refractivity contribution in [2.75, 3.05) is 18.5 Å². The van der Waals surface area contributed by atoms with E-state index in [-0.39, 0.29) is 12.0 Å². The van der Waals surface area contributed by atoms with E-state index in [2.05, 4.69) is 34.7 Å². The largest absolute Gasteiger partial charge is 0.376 e. The molecule has 2 unspecified atom stereocenters. The summed E-state index contributed by atoms with van der Waals surface area (Å²) in [6, 6.07) is 3.80. The summed E-state index contributed by atoms with van der Waals surface area (Å²) < 4.78 is 5.45. The molecule has 20 heavy (non-hydrogen) atoms. The van der Waals surface area contributed by atoms with Crippen molar-refractivity contribution in [3.05, 3.63) is 17.8 Å². The molecule has 1 aliphatic rings. The number of carbonyl (C=O) groups excluding carboxylic acids is 1. The lowest BCUT2D eigenvalue weighted by molar-refractivity contribution is 0.0853. The van der Waals surface area contributed by atoms with Gasteiger partial charge < -0.3 is 15.4 Å². The highest BCUT2D eigenvalue weighted by Gasteiger charge is 2.17. The number of ether oxygens (including phenoxy) is 1. The first-order valence-electron chi connectivity index (χ1n) is 7.19. The first-order chi connectivity index (χ1) is 9.69. The highest BCUT2D eigenvalue weighted by atomic mass is 16.5. The van der Waals surface area contributed by atoms with Crippen LogP contribution in [0, 0.1) is 0 Å². The molecule has 1 aromatic rings. The van der Waals surface area contributed by atoms with Gasteiger partial charge in [0.05, 0.1) is 6.10 Å². The SMILES string of the molecule is CCC(C)Nc1ccc(C(=O)NCC2CCCO2)nn1. The van der Waals surface area contributed by atoms with E-state index in [9.17, 15) is 4.79 Å². The Morgan fingerprint density at radius 1 is 1.50 bits per heavy atom. The van der Waals surface area contributed by atoms with Crippen LogP contribution >= 0.6 is 0 Å². The third-order valence-corrected chi connectivity index (χ3v) is 3.42. The minimum absolute atomic E-state index is 0.137. The summed E-state index contributed by atoms with van der Waals surface area (Å²) >= 11 is 0. The van der Waals surface area contributed by atoms with E-state index in [1.54, 1.807) is 12.1 Å². The van der Waals surface area contributed by atoms with Gasteiger partial charge in [-0.05, 0) is 38.3 Å². The standard InChI is InChI=1S/C14H22N4O2/c1-3-10(2)16-13-7-6-12(17-18-13)14(19)15-9-11-5-4-8-20-11/h6-7,10-11H,3-5,8-9H2,1-2H3,(H,15,19)(H,16,18). The number of rotatable bonds is 6. The molecule has 6 heteroatoms. The van der Waals surface area contributed by atoms with Crippen molar-refractivity contribution in [3.63, 3.8) is 0 Å². The summed E-state index contributed by atoms with van der Waals surface area (Å²) in [6.45, 7) is 5.49. The Morgan fingerprint density at radius 2 is 2.35 bits per heavy atom. The third-order valence-electron chi connectivity index (χ3n) is 3.42. The van der Waals surface area contributed by atoms with Crippen LogP contribution in [0.3, 0.4) is 0 Å². The lowest BCUT2D eigenvalue weighted by Crippen LogP contribution is -2.32. The Bertz CT molecular complexity index is 429. The molecular formula is C14H22N4O2. The fourth-order valence-electron chi connectivity index (χ4n) is 1.99. The molecule has 1 fully saturated rings. The fraction of sp³-hybridized carbons (Fsp3) is 0.643. The Kier molecular flexibility index (Phi) is 5.29. The van der Waals surface area contributed by atoms with Gasteiger partial charge in [0.15, 0.2) is 5.69 Å². The molecule has 1 aliphatic heterocycles. The van der Waals surface area contributed by atoms with Gasteiger partial charge in [0.2, 0.25) is 0 Å². The van der Waals surface area contributed by atoms with Crippen molar-refractivity contribution in [2.24, 2.45) is 0 Å². The molecule has 6 nitrogen and oxygen atoms in total. The van der Waals surface area contributed by atoms with Gasteiger partial charge >= 0.3 is 0 Å². The van der Waals surface area contributed by atoms with Crippen LogP contribution in [-0.2, 0) is 4.74 Å². The van der Waals surface area contributed by atoms with Crippen LogP contribution in [-0.4, -0.2) is 41.4 Å². The predicted octanol–water partition coefficient (Wildman–Crippen LogP) is 1.60. The summed E-state index contributed by atoms with van der Waals surface area (Å²) in [5.74, 6) is 0.484. The number of nitrogens with one attached hydrogen (secondary N) is 2. The zero-order valence-electron chi connectivity index (χ0n) is 12.1. The fourth-order valence-corrected chi connectivity index (χ4v) is 1.99. The highest BCUT2D eigenvalue weighted by Crippen LogP contribution is 2.11. The van der Waals surface area contributed by atoms with E-state index in [1.165, 1.54) is 0 Å². The smallest absolute Gasteiger partial charge is 0.271 e. The number of anilines is 1. The van der Waals surface area contributed by atoms with Crippen LogP contribution in [0.4, 0.5) is 5.82 Å². The maximum absolute atomic E-state index is 11.9. The van der Waals surface area contributed by atoms with E-state index >= 15 is 0 Å². The van der Waals surface area contributed by atoms with Crippen LogP contribution in [0.25, 0.3) is 0 Å². The molecule has 2 atom stereocenters. The molecular weight excluding hydrogens is 256 g/mol. The highest BCUT2D eigenvalue weighted by molar-refractivity contribution is 5.92. The summed E-state index contributed by atoms with van der Waals surface area (Å²) in [6.07, 6.45) is 3.21. The average Bonchev–Trinajstić information content (AvgIpc) is 2.98. The lowest BCUT2D eigenvalue weighted by Gasteiger charge is -2.12. The van der Waals surface area contributed by atoms with Crippen molar-refractivity contribution in [3.8, 4) is 0 Å². The van der Waals surface area contributed by atoms with Crippen molar-refractivity contribution < 1.29 is 9.53 Å². The van der Waals surface area contributed by atoms with Gasteiger partial charge in [-0.25, -0.2) is 0 Å². The number of nitrogens with zero attached hydrogens (tertiary/aromatic N) is 2. The number of hydrogen-bond donors (Lipinski definition) is 2. The minimum Gasteiger partial charge on any atom is -0.376 e. The maximum atomic E-state index is 11.9. The minimum atomic E-state index is -0.205. The number of hydrogen-bond acceptors (Lipinski definition) is 5. The predicted molar refractivity (Wildman–Crippen MR) is 76.7 cm³/mol. The maximum Gasteiger partial charge on any atom is 0.271 e. The van der Waals surface area contributed by atoms with Crippen LogP contribution in [0.2, 0.25) is 0 Å². The number of aromatic nitrogens is 2. The molecule has 0 bridgehead atoms. The first kappa shape index (κ1) is 14.7. The second-order valence-corrected chi connectivity index (χ2v) is 5.10. The molecule has 0 aliphatic carbocycles. The third kappa shape index (κ3) is 4.16. The molecule has 1 amide bonds.